The highest BCUT2D eigenvalue weighted by molar-refractivity contribution is 7.19. The molecule has 0 aliphatic rings. The average molecular weight is 326 g/mol. The molecule has 2 heterocycles. The highest BCUT2D eigenvalue weighted by Crippen LogP contribution is 2.32. The van der Waals surface area contributed by atoms with Crippen LogP contribution in [0.1, 0.15) is 5.82 Å². The monoisotopic (exact) mass is 326 g/mol. The lowest BCUT2D eigenvalue weighted by molar-refractivity contribution is 0.442. The van der Waals surface area contributed by atoms with Crippen molar-refractivity contribution in [2.45, 2.75) is 6.92 Å². The number of nitrogens with zero attached hydrogens (tertiary/aromatic N) is 4. The van der Waals surface area contributed by atoms with Gasteiger partial charge in [0.05, 0.1) is 0 Å². The molecule has 0 saturated heterocycles. The molecular weight excluding hydrogens is 315 g/mol. The molecule has 5 nitrogen and oxygen atoms in total. The van der Waals surface area contributed by atoms with E-state index in [1.165, 1.54) is 17.4 Å². The van der Waals surface area contributed by atoms with Gasteiger partial charge in [0.25, 0.3) is 0 Å². The second-order valence-electron chi connectivity index (χ2n) is 4.91. The molecule has 0 N–H and O–H groups in total. The molecule has 0 aliphatic heterocycles. The summed E-state index contributed by atoms with van der Waals surface area (Å²) in [6.07, 6.45) is 0. The lowest BCUT2D eigenvalue weighted by Gasteiger charge is -2.07. The molecule has 114 valence electrons. The molecule has 0 unspecified atom stereocenters. The quantitative estimate of drug-likeness (QED) is 0.569. The van der Waals surface area contributed by atoms with Gasteiger partial charge >= 0.3 is 0 Å². The summed E-state index contributed by atoms with van der Waals surface area (Å²) >= 11 is 1.39. The molecule has 0 atom stereocenters. The van der Waals surface area contributed by atoms with Crippen LogP contribution in [-0.4, -0.2) is 19.8 Å². The second kappa shape index (κ2) is 5.44. The fourth-order valence-electron chi connectivity index (χ4n) is 2.16. The summed E-state index contributed by atoms with van der Waals surface area (Å²) in [6.45, 7) is 1.83. The SMILES string of the molecule is Cc1nnc2sc(-c3ccc(F)c(Oc4ccccc4)c3)nn12. The third-order valence-electron chi connectivity index (χ3n) is 3.30. The zero-order valence-electron chi connectivity index (χ0n) is 12.1. The van der Waals surface area contributed by atoms with E-state index in [0.717, 1.165) is 10.6 Å². The predicted octanol–water partition coefficient (Wildman–Crippen LogP) is 4.09. The van der Waals surface area contributed by atoms with Crippen molar-refractivity contribution in [2.24, 2.45) is 0 Å². The van der Waals surface area contributed by atoms with Crippen molar-refractivity contribution >= 4 is 16.3 Å². The number of para-hydroxylation sites is 1. The Balaban J connectivity index is 1.73. The van der Waals surface area contributed by atoms with Crippen LogP contribution in [0.4, 0.5) is 4.39 Å². The molecule has 4 rings (SSSR count). The number of hydrogen-bond donors (Lipinski definition) is 0. The van der Waals surface area contributed by atoms with Crippen LogP contribution in [0.3, 0.4) is 0 Å². The van der Waals surface area contributed by atoms with E-state index >= 15 is 0 Å². The van der Waals surface area contributed by atoms with Gasteiger partial charge in [-0.05, 0) is 37.3 Å². The van der Waals surface area contributed by atoms with Crippen LogP contribution in [-0.2, 0) is 0 Å². The van der Waals surface area contributed by atoms with Crippen LogP contribution >= 0.6 is 11.3 Å². The predicted molar refractivity (Wildman–Crippen MR) is 85.3 cm³/mol. The van der Waals surface area contributed by atoms with Gasteiger partial charge in [-0.25, -0.2) is 4.39 Å². The summed E-state index contributed by atoms with van der Waals surface area (Å²) in [5, 5.41) is 13.2. The van der Waals surface area contributed by atoms with Crippen LogP contribution in [0, 0.1) is 12.7 Å². The zero-order valence-corrected chi connectivity index (χ0v) is 12.9. The molecule has 0 aliphatic carbocycles. The van der Waals surface area contributed by atoms with Gasteiger partial charge in [0.1, 0.15) is 10.8 Å². The smallest absolute Gasteiger partial charge is 0.234 e. The van der Waals surface area contributed by atoms with Gasteiger partial charge in [0.2, 0.25) is 4.96 Å². The molecule has 2 aromatic carbocycles. The maximum Gasteiger partial charge on any atom is 0.234 e. The number of fused-ring (bicyclic) bond motifs is 1. The summed E-state index contributed by atoms with van der Waals surface area (Å²) in [6, 6.07) is 13.8. The Bertz CT molecular complexity index is 980. The molecule has 0 saturated carbocycles. The zero-order chi connectivity index (χ0) is 15.8. The van der Waals surface area contributed by atoms with Crippen LogP contribution in [0.15, 0.2) is 48.5 Å². The van der Waals surface area contributed by atoms with Crippen LogP contribution in [0.5, 0.6) is 11.5 Å². The topological polar surface area (TPSA) is 52.3 Å². The van der Waals surface area contributed by atoms with E-state index in [1.807, 2.05) is 25.1 Å². The summed E-state index contributed by atoms with van der Waals surface area (Å²) in [5.41, 5.74) is 0.771. The van der Waals surface area contributed by atoms with Crippen LogP contribution in [0.2, 0.25) is 0 Å². The Morgan fingerprint density at radius 2 is 1.91 bits per heavy atom. The first-order chi connectivity index (χ1) is 11.2. The molecule has 2 aromatic heterocycles. The number of aromatic nitrogens is 4. The van der Waals surface area contributed by atoms with Gasteiger partial charge < -0.3 is 4.74 Å². The average Bonchev–Trinajstić information content (AvgIpc) is 3.13. The number of rotatable bonds is 3. The minimum Gasteiger partial charge on any atom is -0.454 e. The van der Waals surface area contributed by atoms with Gasteiger partial charge in [-0.3, -0.25) is 0 Å². The Kier molecular flexibility index (Phi) is 3.27. The fourth-order valence-corrected chi connectivity index (χ4v) is 3.04. The van der Waals surface area contributed by atoms with Crippen molar-refractivity contribution < 1.29 is 9.13 Å². The first-order valence-corrected chi connectivity index (χ1v) is 7.74. The number of aryl methyl sites for hydroxylation is 1. The Morgan fingerprint density at radius 1 is 1.09 bits per heavy atom. The molecule has 0 bridgehead atoms. The molecule has 0 amide bonds. The van der Waals surface area contributed by atoms with Crippen LogP contribution in [0.25, 0.3) is 15.5 Å². The van der Waals surface area contributed by atoms with Gasteiger partial charge in [0.15, 0.2) is 17.4 Å². The third-order valence-corrected chi connectivity index (χ3v) is 4.24. The van der Waals surface area contributed by atoms with Crippen molar-refractivity contribution in [3.05, 3.63) is 60.2 Å². The highest BCUT2D eigenvalue weighted by atomic mass is 32.1. The molecule has 7 heteroatoms. The van der Waals surface area contributed by atoms with Crippen molar-refractivity contribution in [3.63, 3.8) is 0 Å². The van der Waals surface area contributed by atoms with Crippen LogP contribution < -0.4 is 4.74 Å². The van der Waals surface area contributed by atoms with E-state index in [4.69, 9.17) is 4.74 Å². The molecule has 0 radical (unpaired) electrons. The summed E-state index contributed by atoms with van der Waals surface area (Å²) in [7, 11) is 0. The lowest BCUT2D eigenvalue weighted by Crippen LogP contribution is -1.91. The summed E-state index contributed by atoms with van der Waals surface area (Å²) in [4.78, 5) is 0.701. The summed E-state index contributed by atoms with van der Waals surface area (Å²) < 4.78 is 21.3. The van der Waals surface area contributed by atoms with E-state index in [9.17, 15) is 4.39 Å². The first kappa shape index (κ1) is 13.8. The number of benzene rings is 2. The Morgan fingerprint density at radius 3 is 2.70 bits per heavy atom. The minimum absolute atomic E-state index is 0.163. The van der Waals surface area contributed by atoms with Gasteiger partial charge in [-0.2, -0.15) is 9.61 Å². The van der Waals surface area contributed by atoms with Gasteiger partial charge in [-0.1, -0.05) is 29.5 Å². The van der Waals surface area contributed by atoms with Crippen molar-refractivity contribution in [1.82, 2.24) is 19.8 Å². The third kappa shape index (κ3) is 2.55. The molecule has 23 heavy (non-hydrogen) atoms. The first-order valence-electron chi connectivity index (χ1n) is 6.92. The minimum atomic E-state index is -0.420. The molecule has 0 fully saturated rings. The number of halogens is 1. The van der Waals surface area contributed by atoms with E-state index in [-0.39, 0.29) is 5.75 Å². The normalized spacial score (nSPS) is 11.0. The maximum absolute atomic E-state index is 14.0. The van der Waals surface area contributed by atoms with Crippen molar-refractivity contribution in [1.29, 1.82) is 0 Å². The standard InChI is InChI=1S/C16H11FN4OS/c1-10-18-19-16-21(10)20-15(23-16)11-7-8-13(17)14(9-11)22-12-5-3-2-4-6-12/h2-9H,1H3. The Labute approximate surface area is 135 Å². The largest absolute Gasteiger partial charge is 0.454 e. The molecule has 0 spiro atoms. The summed E-state index contributed by atoms with van der Waals surface area (Å²) in [5.74, 6) is 1.04. The molecular formula is C16H11FN4OS. The van der Waals surface area contributed by atoms with E-state index in [1.54, 1.807) is 28.8 Å². The maximum atomic E-state index is 14.0. The highest BCUT2D eigenvalue weighted by Gasteiger charge is 2.13. The lowest BCUT2D eigenvalue weighted by atomic mass is 10.2. The molecule has 4 aromatic rings. The fraction of sp³-hybridized carbons (Fsp3) is 0.0625. The van der Waals surface area contributed by atoms with E-state index in [0.29, 0.717) is 16.5 Å². The second-order valence-corrected chi connectivity index (χ2v) is 5.87. The van der Waals surface area contributed by atoms with Crippen molar-refractivity contribution in [3.8, 4) is 22.1 Å². The Hall–Kier alpha value is -2.80. The van der Waals surface area contributed by atoms with E-state index < -0.39 is 5.82 Å². The van der Waals surface area contributed by atoms with E-state index in [2.05, 4.69) is 15.3 Å². The van der Waals surface area contributed by atoms with Gasteiger partial charge in [-0.15, -0.1) is 10.2 Å². The number of hydrogen-bond acceptors (Lipinski definition) is 5. The van der Waals surface area contributed by atoms with Gasteiger partial charge in [0, 0.05) is 5.56 Å². The number of ether oxygens (including phenoxy) is 1. The van der Waals surface area contributed by atoms with Crippen molar-refractivity contribution in [2.75, 3.05) is 0 Å².